The second-order valence-electron chi connectivity index (χ2n) is 5.78. The summed E-state index contributed by atoms with van der Waals surface area (Å²) in [6, 6.07) is 15.2. The number of ether oxygens (including phenoxy) is 1. The minimum Gasteiger partial charge on any atom is -0.494 e. The molecule has 0 unspecified atom stereocenters. The normalized spacial score (nSPS) is 10.8. The summed E-state index contributed by atoms with van der Waals surface area (Å²) >= 11 is 7.76. The fourth-order valence-electron chi connectivity index (χ4n) is 2.52. The number of hydrogen-bond donors (Lipinski definition) is 1. The molecule has 5 heteroatoms. The number of nitrogens with one attached hydrogen (secondary N) is 1. The molecule has 3 nitrogen and oxygen atoms in total. The lowest BCUT2D eigenvalue weighted by atomic mass is 10.2. The van der Waals surface area contributed by atoms with E-state index in [1.54, 1.807) is 0 Å². The van der Waals surface area contributed by atoms with E-state index >= 15 is 0 Å². The molecule has 1 aromatic heterocycles. The SMILES string of the molecule is CCCCCOc1ccc(NC(=O)c2sc3ccccc3c2Cl)cc1. The Hall–Kier alpha value is -2.04. The van der Waals surface area contributed by atoms with Gasteiger partial charge in [0.1, 0.15) is 10.6 Å². The van der Waals surface area contributed by atoms with Crippen molar-refractivity contribution in [2.24, 2.45) is 0 Å². The Morgan fingerprint density at radius 1 is 1.12 bits per heavy atom. The minimum atomic E-state index is -0.192. The molecule has 0 atom stereocenters. The Balaban J connectivity index is 1.65. The van der Waals surface area contributed by atoms with E-state index in [-0.39, 0.29) is 5.91 Å². The van der Waals surface area contributed by atoms with Crippen LogP contribution in [0.5, 0.6) is 5.75 Å². The number of fused-ring (bicyclic) bond motifs is 1. The summed E-state index contributed by atoms with van der Waals surface area (Å²) in [5.74, 6) is 0.622. The van der Waals surface area contributed by atoms with Gasteiger partial charge >= 0.3 is 0 Å². The minimum absolute atomic E-state index is 0.192. The molecule has 3 rings (SSSR count). The number of unbranched alkanes of at least 4 members (excludes halogenated alkanes) is 2. The van der Waals surface area contributed by atoms with Crippen molar-refractivity contribution in [2.75, 3.05) is 11.9 Å². The lowest BCUT2D eigenvalue weighted by Crippen LogP contribution is -2.10. The average molecular weight is 374 g/mol. The maximum Gasteiger partial charge on any atom is 0.267 e. The number of benzene rings is 2. The standard InChI is InChI=1S/C20H20ClNO2S/c1-2-3-6-13-24-15-11-9-14(10-12-15)22-20(23)19-18(21)16-7-4-5-8-17(16)25-19/h4-5,7-12H,2-3,6,13H2,1H3,(H,22,23). The third-order valence-electron chi connectivity index (χ3n) is 3.87. The number of rotatable bonds is 7. The van der Waals surface area contributed by atoms with Gasteiger partial charge in [0, 0.05) is 15.8 Å². The fourth-order valence-corrected chi connectivity index (χ4v) is 3.94. The monoisotopic (exact) mass is 373 g/mol. The molecule has 0 bridgehead atoms. The van der Waals surface area contributed by atoms with Crippen LogP contribution in [-0.2, 0) is 0 Å². The second-order valence-corrected chi connectivity index (χ2v) is 7.21. The number of amides is 1. The zero-order valence-corrected chi connectivity index (χ0v) is 15.6. The molecule has 1 N–H and O–H groups in total. The first-order valence-corrected chi connectivity index (χ1v) is 9.59. The number of anilines is 1. The highest BCUT2D eigenvalue weighted by Gasteiger charge is 2.16. The van der Waals surface area contributed by atoms with Gasteiger partial charge < -0.3 is 10.1 Å². The zero-order chi connectivity index (χ0) is 17.6. The summed E-state index contributed by atoms with van der Waals surface area (Å²) in [7, 11) is 0. The van der Waals surface area contributed by atoms with Crippen molar-refractivity contribution >= 4 is 44.6 Å². The first kappa shape index (κ1) is 17.8. The van der Waals surface area contributed by atoms with Crippen LogP contribution < -0.4 is 10.1 Å². The quantitative estimate of drug-likeness (QED) is 0.488. The van der Waals surface area contributed by atoms with Crippen molar-refractivity contribution in [1.29, 1.82) is 0 Å². The molecule has 25 heavy (non-hydrogen) atoms. The van der Waals surface area contributed by atoms with E-state index < -0.39 is 0 Å². The van der Waals surface area contributed by atoms with Crippen molar-refractivity contribution in [2.45, 2.75) is 26.2 Å². The van der Waals surface area contributed by atoms with Gasteiger partial charge in [-0.1, -0.05) is 49.6 Å². The number of hydrogen-bond acceptors (Lipinski definition) is 3. The van der Waals surface area contributed by atoms with Crippen molar-refractivity contribution in [1.82, 2.24) is 0 Å². The Labute approximate surface area is 156 Å². The fraction of sp³-hybridized carbons (Fsp3) is 0.250. The first-order chi connectivity index (χ1) is 12.2. The molecular formula is C20H20ClNO2S. The van der Waals surface area contributed by atoms with Gasteiger partial charge in [0.15, 0.2) is 0 Å². The lowest BCUT2D eigenvalue weighted by molar-refractivity contribution is 0.103. The highest BCUT2D eigenvalue weighted by Crippen LogP contribution is 2.35. The summed E-state index contributed by atoms with van der Waals surface area (Å²) in [6.07, 6.45) is 3.40. The van der Waals surface area contributed by atoms with Crippen LogP contribution in [-0.4, -0.2) is 12.5 Å². The van der Waals surface area contributed by atoms with Crippen LogP contribution in [0.2, 0.25) is 5.02 Å². The predicted molar refractivity (Wildman–Crippen MR) is 106 cm³/mol. The topological polar surface area (TPSA) is 38.3 Å². The smallest absolute Gasteiger partial charge is 0.267 e. The molecule has 0 aliphatic heterocycles. The third-order valence-corrected chi connectivity index (χ3v) is 5.54. The van der Waals surface area contributed by atoms with Crippen molar-refractivity contribution < 1.29 is 9.53 Å². The highest BCUT2D eigenvalue weighted by molar-refractivity contribution is 7.21. The zero-order valence-electron chi connectivity index (χ0n) is 14.0. The molecular weight excluding hydrogens is 354 g/mol. The molecule has 0 saturated carbocycles. The second kappa shape index (κ2) is 8.37. The van der Waals surface area contributed by atoms with E-state index in [0.717, 1.165) is 34.6 Å². The van der Waals surface area contributed by atoms with Gasteiger partial charge in [0.25, 0.3) is 5.91 Å². The number of carbonyl (C=O) groups excluding carboxylic acids is 1. The summed E-state index contributed by atoms with van der Waals surface area (Å²) in [6.45, 7) is 2.89. The van der Waals surface area contributed by atoms with Crippen LogP contribution in [0.1, 0.15) is 35.9 Å². The molecule has 0 radical (unpaired) electrons. The summed E-state index contributed by atoms with van der Waals surface area (Å²) in [5.41, 5.74) is 0.722. The Morgan fingerprint density at radius 3 is 2.60 bits per heavy atom. The van der Waals surface area contributed by atoms with Crippen molar-refractivity contribution in [3.8, 4) is 5.75 Å². The molecule has 0 aliphatic rings. The predicted octanol–water partition coefficient (Wildman–Crippen LogP) is 6.38. The Kier molecular flexibility index (Phi) is 5.95. The van der Waals surface area contributed by atoms with E-state index in [0.29, 0.717) is 9.90 Å². The van der Waals surface area contributed by atoms with Crippen LogP contribution in [0.25, 0.3) is 10.1 Å². The maximum absolute atomic E-state index is 12.5. The molecule has 3 aromatic rings. The molecule has 0 spiro atoms. The van der Waals surface area contributed by atoms with E-state index in [1.165, 1.54) is 24.2 Å². The molecule has 130 valence electrons. The highest BCUT2D eigenvalue weighted by atomic mass is 35.5. The van der Waals surface area contributed by atoms with Crippen LogP contribution in [0.3, 0.4) is 0 Å². The van der Waals surface area contributed by atoms with Gasteiger partial charge in [-0.05, 0) is 36.8 Å². The molecule has 0 aliphatic carbocycles. The van der Waals surface area contributed by atoms with E-state index in [2.05, 4.69) is 12.2 Å². The van der Waals surface area contributed by atoms with Gasteiger partial charge in [-0.15, -0.1) is 11.3 Å². The van der Waals surface area contributed by atoms with E-state index in [1.807, 2.05) is 48.5 Å². The number of thiophene rings is 1. The largest absolute Gasteiger partial charge is 0.494 e. The van der Waals surface area contributed by atoms with Crippen molar-refractivity contribution in [3.05, 3.63) is 58.4 Å². The Bertz CT molecular complexity index is 858. The van der Waals surface area contributed by atoms with Crippen molar-refractivity contribution in [3.63, 3.8) is 0 Å². The molecule has 0 fully saturated rings. The first-order valence-electron chi connectivity index (χ1n) is 8.40. The van der Waals surface area contributed by atoms with Crippen LogP contribution >= 0.6 is 22.9 Å². The third kappa shape index (κ3) is 4.33. The summed E-state index contributed by atoms with van der Waals surface area (Å²) in [4.78, 5) is 13.0. The molecule has 1 amide bonds. The number of carbonyl (C=O) groups is 1. The van der Waals surface area contributed by atoms with Crippen LogP contribution in [0.4, 0.5) is 5.69 Å². The van der Waals surface area contributed by atoms with Gasteiger partial charge in [-0.2, -0.15) is 0 Å². The average Bonchev–Trinajstić information content (AvgIpc) is 2.97. The van der Waals surface area contributed by atoms with Gasteiger partial charge in [0.2, 0.25) is 0 Å². The van der Waals surface area contributed by atoms with E-state index in [9.17, 15) is 4.79 Å². The maximum atomic E-state index is 12.5. The molecule has 1 heterocycles. The van der Waals surface area contributed by atoms with E-state index in [4.69, 9.17) is 16.3 Å². The molecule has 2 aromatic carbocycles. The van der Waals surface area contributed by atoms with Crippen LogP contribution in [0, 0.1) is 0 Å². The molecule has 0 saturated heterocycles. The van der Waals surface area contributed by atoms with Gasteiger partial charge in [-0.25, -0.2) is 0 Å². The number of halogens is 1. The summed E-state index contributed by atoms with van der Waals surface area (Å²) < 4.78 is 6.69. The van der Waals surface area contributed by atoms with Gasteiger partial charge in [0.05, 0.1) is 11.6 Å². The Morgan fingerprint density at radius 2 is 1.88 bits per heavy atom. The van der Waals surface area contributed by atoms with Crippen LogP contribution in [0.15, 0.2) is 48.5 Å². The summed E-state index contributed by atoms with van der Waals surface area (Å²) in [5, 5.41) is 4.32. The van der Waals surface area contributed by atoms with Gasteiger partial charge in [-0.3, -0.25) is 4.79 Å². The lowest BCUT2D eigenvalue weighted by Gasteiger charge is -2.08.